The van der Waals surface area contributed by atoms with Crippen LogP contribution in [0.3, 0.4) is 0 Å². The first-order valence-corrected chi connectivity index (χ1v) is 8.36. The summed E-state index contributed by atoms with van der Waals surface area (Å²) in [5, 5.41) is 6.96. The van der Waals surface area contributed by atoms with Crippen LogP contribution in [-0.4, -0.2) is 51.8 Å². The van der Waals surface area contributed by atoms with Gasteiger partial charge in [0.15, 0.2) is 0 Å². The lowest BCUT2D eigenvalue weighted by Gasteiger charge is -2.39. The molecule has 0 bridgehead atoms. The van der Waals surface area contributed by atoms with Crippen LogP contribution in [0, 0.1) is 0 Å². The molecule has 2 rings (SSSR count). The summed E-state index contributed by atoms with van der Waals surface area (Å²) >= 11 is 0. The molecule has 2 heterocycles. The predicted octanol–water partition coefficient (Wildman–Crippen LogP) is 0.378. The third kappa shape index (κ3) is 2.84. The van der Waals surface area contributed by atoms with Gasteiger partial charge >= 0.3 is 0 Å². The molecular formula is C12H20N4O3S. The standard InChI is InChI=1S/C12H20N4O3S/c1-9-5-4-6-10(2)16(9)11(17)7-20(18,19)12-14-13-8-15(12)3/h8-10H,4-7H2,1-3H3/t9-,10-/m0/s1. The lowest BCUT2D eigenvalue weighted by atomic mass is 9.98. The lowest BCUT2D eigenvalue weighted by molar-refractivity contribution is -0.134. The Morgan fingerprint density at radius 2 is 1.95 bits per heavy atom. The van der Waals surface area contributed by atoms with Gasteiger partial charge in [0.05, 0.1) is 0 Å². The van der Waals surface area contributed by atoms with Gasteiger partial charge in [0, 0.05) is 19.1 Å². The van der Waals surface area contributed by atoms with Crippen LogP contribution in [0.2, 0.25) is 0 Å². The molecule has 0 unspecified atom stereocenters. The number of carbonyl (C=O) groups excluding carboxylic acids is 1. The Kier molecular flexibility index (Phi) is 4.12. The second-order valence-electron chi connectivity index (χ2n) is 5.41. The lowest BCUT2D eigenvalue weighted by Crippen LogP contribution is -2.49. The number of carbonyl (C=O) groups is 1. The van der Waals surface area contributed by atoms with E-state index < -0.39 is 15.6 Å². The van der Waals surface area contributed by atoms with E-state index in [2.05, 4.69) is 10.2 Å². The van der Waals surface area contributed by atoms with E-state index in [1.54, 1.807) is 11.9 Å². The highest BCUT2D eigenvalue weighted by Gasteiger charge is 2.33. The molecule has 1 saturated heterocycles. The number of likely N-dealkylation sites (tertiary alicyclic amines) is 1. The van der Waals surface area contributed by atoms with Gasteiger partial charge in [-0.1, -0.05) is 0 Å². The summed E-state index contributed by atoms with van der Waals surface area (Å²) < 4.78 is 25.7. The SMILES string of the molecule is C[C@H]1CCC[C@H](C)N1C(=O)CS(=O)(=O)c1nncn1C. The molecule has 1 aromatic rings. The van der Waals surface area contributed by atoms with Crippen molar-refractivity contribution in [3.8, 4) is 0 Å². The van der Waals surface area contributed by atoms with Gasteiger partial charge in [-0.05, 0) is 33.1 Å². The third-order valence-corrected chi connectivity index (χ3v) is 5.30. The maximum atomic E-state index is 12.3. The Balaban J connectivity index is 2.17. The van der Waals surface area contributed by atoms with E-state index in [4.69, 9.17) is 0 Å². The number of amides is 1. The average Bonchev–Trinajstić information content (AvgIpc) is 2.75. The summed E-state index contributed by atoms with van der Waals surface area (Å²) in [7, 11) is -2.20. The number of nitrogens with zero attached hydrogens (tertiary/aromatic N) is 4. The van der Waals surface area contributed by atoms with E-state index in [1.165, 1.54) is 10.9 Å². The number of aromatic nitrogens is 3. The van der Waals surface area contributed by atoms with Crippen molar-refractivity contribution in [2.24, 2.45) is 7.05 Å². The fourth-order valence-corrected chi connectivity index (χ4v) is 4.03. The minimum absolute atomic E-state index is 0.0842. The van der Waals surface area contributed by atoms with Crippen molar-refractivity contribution in [2.45, 2.75) is 50.4 Å². The van der Waals surface area contributed by atoms with Gasteiger partial charge in [-0.3, -0.25) is 4.79 Å². The second kappa shape index (κ2) is 5.51. The fourth-order valence-electron chi connectivity index (χ4n) is 2.77. The van der Waals surface area contributed by atoms with Crippen LogP contribution in [0.25, 0.3) is 0 Å². The largest absolute Gasteiger partial charge is 0.336 e. The molecule has 20 heavy (non-hydrogen) atoms. The molecule has 1 aliphatic heterocycles. The number of aryl methyl sites for hydroxylation is 1. The van der Waals surface area contributed by atoms with E-state index in [1.807, 2.05) is 13.8 Å². The van der Waals surface area contributed by atoms with Crippen LogP contribution < -0.4 is 0 Å². The van der Waals surface area contributed by atoms with Crippen molar-refractivity contribution in [1.82, 2.24) is 19.7 Å². The summed E-state index contributed by atoms with van der Waals surface area (Å²) in [4.78, 5) is 14.0. The highest BCUT2D eigenvalue weighted by molar-refractivity contribution is 7.91. The van der Waals surface area contributed by atoms with Crippen molar-refractivity contribution in [3.63, 3.8) is 0 Å². The van der Waals surface area contributed by atoms with Gasteiger partial charge in [0.1, 0.15) is 12.1 Å². The van der Waals surface area contributed by atoms with E-state index in [0.29, 0.717) is 0 Å². The van der Waals surface area contributed by atoms with Crippen molar-refractivity contribution in [1.29, 1.82) is 0 Å². The topological polar surface area (TPSA) is 85.2 Å². The summed E-state index contributed by atoms with van der Waals surface area (Å²) in [5.41, 5.74) is 0. The summed E-state index contributed by atoms with van der Waals surface area (Å²) in [6, 6.07) is 0.168. The zero-order valence-corrected chi connectivity index (χ0v) is 12.8. The van der Waals surface area contributed by atoms with Crippen molar-refractivity contribution >= 4 is 15.7 Å². The number of hydrogen-bond donors (Lipinski definition) is 0. The molecule has 0 saturated carbocycles. The Labute approximate surface area is 118 Å². The summed E-state index contributed by atoms with van der Waals surface area (Å²) in [6.07, 6.45) is 4.21. The van der Waals surface area contributed by atoms with E-state index in [9.17, 15) is 13.2 Å². The molecule has 1 fully saturated rings. The average molecular weight is 300 g/mol. The Bertz CT molecular complexity index is 586. The van der Waals surface area contributed by atoms with Crippen LogP contribution in [0.4, 0.5) is 0 Å². The zero-order chi connectivity index (χ0) is 14.9. The van der Waals surface area contributed by atoms with Gasteiger partial charge < -0.3 is 9.47 Å². The Morgan fingerprint density at radius 1 is 1.35 bits per heavy atom. The van der Waals surface area contributed by atoms with Crippen LogP contribution in [0.15, 0.2) is 11.5 Å². The fraction of sp³-hybridized carbons (Fsp3) is 0.750. The van der Waals surface area contributed by atoms with Gasteiger partial charge in [-0.2, -0.15) is 0 Å². The highest BCUT2D eigenvalue weighted by atomic mass is 32.2. The van der Waals surface area contributed by atoms with Gasteiger partial charge in [0.2, 0.25) is 20.9 Å². The smallest absolute Gasteiger partial charge is 0.249 e. The maximum Gasteiger partial charge on any atom is 0.249 e. The van der Waals surface area contributed by atoms with Crippen molar-refractivity contribution in [3.05, 3.63) is 6.33 Å². The number of sulfone groups is 1. The van der Waals surface area contributed by atoms with Gasteiger partial charge in [-0.15, -0.1) is 10.2 Å². The minimum atomic E-state index is -3.74. The number of piperidine rings is 1. The first-order valence-electron chi connectivity index (χ1n) is 6.71. The number of rotatable bonds is 3. The zero-order valence-electron chi connectivity index (χ0n) is 12.0. The molecule has 0 spiro atoms. The number of hydrogen-bond acceptors (Lipinski definition) is 5. The molecule has 1 aliphatic rings. The third-order valence-electron chi connectivity index (χ3n) is 3.74. The normalized spacial score (nSPS) is 23.9. The van der Waals surface area contributed by atoms with Crippen molar-refractivity contribution in [2.75, 3.05) is 5.75 Å². The molecule has 2 atom stereocenters. The second-order valence-corrected chi connectivity index (χ2v) is 7.30. The van der Waals surface area contributed by atoms with Crippen LogP contribution in [-0.2, 0) is 21.7 Å². The van der Waals surface area contributed by atoms with Crippen LogP contribution in [0.5, 0.6) is 0 Å². The first kappa shape index (κ1) is 15.0. The molecular weight excluding hydrogens is 280 g/mol. The minimum Gasteiger partial charge on any atom is -0.336 e. The van der Waals surface area contributed by atoms with Gasteiger partial charge in [-0.25, -0.2) is 8.42 Å². The summed E-state index contributed by atoms with van der Waals surface area (Å²) in [5.74, 6) is -0.901. The van der Waals surface area contributed by atoms with E-state index in [-0.39, 0.29) is 23.1 Å². The van der Waals surface area contributed by atoms with E-state index >= 15 is 0 Å². The molecule has 0 radical (unpaired) electrons. The quantitative estimate of drug-likeness (QED) is 0.805. The van der Waals surface area contributed by atoms with Crippen molar-refractivity contribution < 1.29 is 13.2 Å². The molecule has 8 heteroatoms. The first-order chi connectivity index (χ1) is 9.33. The van der Waals surface area contributed by atoms with E-state index in [0.717, 1.165) is 19.3 Å². The molecule has 7 nitrogen and oxygen atoms in total. The molecule has 0 N–H and O–H groups in total. The Hall–Kier alpha value is -1.44. The van der Waals surface area contributed by atoms with Crippen LogP contribution in [0.1, 0.15) is 33.1 Å². The maximum absolute atomic E-state index is 12.3. The molecule has 0 aromatic carbocycles. The molecule has 112 valence electrons. The summed E-state index contributed by atoms with van der Waals surface area (Å²) in [6.45, 7) is 3.92. The highest BCUT2D eigenvalue weighted by Crippen LogP contribution is 2.23. The molecule has 0 aliphatic carbocycles. The molecule has 1 aromatic heterocycles. The molecule has 1 amide bonds. The monoisotopic (exact) mass is 300 g/mol. The van der Waals surface area contributed by atoms with Gasteiger partial charge in [0.25, 0.3) is 0 Å². The predicted molar refractivity (Wildman–Crippen MR) is 72.7 cm³/mol. The van der Waals surface area contributed by atoms with Crippen LogP contribution >= 0.6 is 0 Å². The Morgan fingerprint density at radius 3 is 2.45 bits per heavy atom.